The number of amides is 1. The molecular formula is C24H27N3O2. The van der Waals surface area contributed by atoms with Crippen LogP contribution in [-0.2, 0) is 23.2 Å². The van der Waals surface area contributed by atoms with Gasteiger partial charge in [-0.1, -0.05) is 75.4 Å². The summed E-state index contributed by atoms with van der Waals surface area (Å²) in [5.41, 5.74) is 3.85. The molecule has 0 aliphatic carbocycles. The van der Waals surface area contributed by atoms with Gasteiger partial charge in [0.2, 0.25) is 5.91 Å². The Hall–Kier alpha value is -3.21. The second-order valence-corrected chi connectivity index (χ2v) is 8.13. The number of hydrogen-bond donors (Lipinski definition) is 1. The van der Waals surface area contributed by atoms with Crippen LogP contribution in [0, 0.1) is 0 Å². The molecule has 1 amide bonds. The predicted octanol–water partition coefficient (Wildman–Crippen LogP) is 3.57. The van der Waals surface area contributed by atoms with Crippen LogP contribution in [0.5, 0.6) is 0 Å². The Morgan fingerprint density at radius 2 is 1.66 bits per heavy atom. The standard InChI is InChI=1S/C24H27N3O2/c1-24(2,3)20-11-9-18(10-12-20)15-16-25-22(28)17-27-23(29)14-13-21(26-27)19-7-5-4-6-8-19/h4-14H,15-17H2,1-3H3,(H,25,28). The predicted molar refractivity (Wildman–Crippen MR) is 116 cm³/mol. The van der Waals surface area contributed by atoms with E-state index in [-0.39, 0.29) is 23.4 Å². The van der Waals surface area contributed by atoms with Crippen LogP contribution in [0.1, 0.15) is 31.9 Å². The summed E-state index contributed by atoms with van der Waals surface area (Å²) in [5.74, 6) is -0.226. The van der Waals surface area contributed by atoms with Gasteiger partial charge in [-0.05, 0) is 29.0 Å². The normalized spacial score (nSPS) is 11.3. The van der Waals surface area contributed by atoms with Gasteiger partial charge in [-0.3, -0.25) is 9.59 Å². The van der Waals surface area contributed by atoms with Crippen molar-refractivity contribution in [2.75, 3.05) is 6.54 Å². The number of carbonyl (C=O) groups excluding carboxylic acids is 1. The second kappa shape index (κ2) is 8.86. The van der Waals surface area contributed by atoms with E-state index in [0.717, 1.165) is 12.0 Å². The van der Waals surface area contributed by atoms with Crippen molar-refractivity contribution in [1.82, 2.24) is 15.1 Å². The van der Waals surface area contributed by atoms with Gasteiger partial charge in [-0.25, -0.2) is 4.68 Å². The second-order valence-electron chi connectivity index (χ2n) is 8.13. The van der Waals surface area contributed by atoms with E-state index in [0.29, 0.717) is 12.2 Å². The summed E-state index contributed by atoms with van der Waals surface area (Å²) in [7, 11) is 0. The van der Waals surface area contributed by atoms with Gasteiger partial charge in [-0.2, -0.15) is 5.10 Å². The monoisotopic (exact) mass is 389 g/mol. The van der Waals surface area contributed by atoms with Gasteiger partial charge in [0.1, 0.15) is 6.54 Å². The summed E-state index contributed by atoms with van der Waals surface area (Å²) in [6, 6.07) is 21.2. The van der Waals surface area contributed by atoms with Crippen LogP contribution in [0.4, 0.5) is 0 Å². The topological polar surface area (TPSA) is 64.0 Å². The first kappa shape index (κ1) is 20.5. The Kier molecular flexibility index (Phi) is 6.27. The molecule has 5 heteroatoms. The van der Waals surface area contributed by atoms with E-state index in [9.17, 15) is 9.59 Å². The highest BCUT2D eigenvalue weighted by molar-refractivity contribution is 5.75. The maximum atomic E-state index is 12.3. The first-order valence-electron chi connectivity index (χ1n) is 9.83. The van der Waals surface area contributed by atoms with E-state index in [1.807, 2.05) is 30.3 Å². The number of hydrogen-bond acceptors (Lipinski definition) is 3. The Bertz CT molecular complexity index is 1020. The number of nitrogens with zero attached hydrogens (tertiary/aromatic N) is 2. The van der Waals surface area contributed by atoms with Crippen LogP contribution in [0.2, 0.25) is 0 Å². The van der Waals surface area contributed by atoms with Crippen molar-refractivity contribution in [3.8, 4) is 11.3 Å². The quantitative estimate of drug-likeness (QED) is 0.701. The van der Waals surface area contributed by atoms with Crippen LogP contribution >= 0.6 is 0 Å². The summed E-state index contributed by atoms with van der Waals surface area (Å²) < 4.78 is 1.20. The maximum Gasteiger partial charge on any atom is 0.267 e. The minimum atomic E-state index is -0.294. The van der Waals surface area contributed by atoms with Crippen LogP contribution in [0.3, 0.4) is 0 Å². The fourth-order valence-electron chi connectivity index (χ4n) is 3.03. The average Bonchev–Trinajstić information content (AvgIpc) is 2.70. The van der Waals surface area contributed by atoms with Gasteiger partial charge < -0.3 is 5.32 Å². The molecule has 0 aliphatic heterocycles. The Balaban J connectivity index is 1.56. The highest BCUT2D eigenvalue weighted by Gasteiger charge is 2.13. The third-order valence-corrected chi connectivity index (χ3v) is 4.79. The van der Waals surface area contributed by atoms with E-state index in [2.05, 4.69) is 55.5 Å². The van der Waals surface area contributed by atoms with Crippen LogP contribution < -0.4 is 10.9 Å². The summed E-state index contributed by atoms with van der Waals surface area (Å²) in [5, 5.41) is 7.20. The highest BCUT2D eigenvalue weighted by atomic mass is 16.2. The zero-order chi connectivity index (χ0) is 20.9. The molecule has 2 aromatic carbocycles. The van der Waals surface area contributed by atoms with E-state index in [1.165, 1.54) is 21.9 Å². The molecule has 3 rings (SSSR count). The molecule has 0 bridgehead atoms. The number of nitrogens with one attached hydrogen (secondary N) is 1. The molecule has 0 radical (unpaired) electrons. The first-order valence-corrected chi connectivity index (χ1v) is 9.83. The molecule has 29 heavy (non-hydrogen) atoms. The molecule has 0 unspecified atom stereocenters. The molecule has 1 N–H and O–H groups in total. The molecule has 0 saturated carbocycles. The zero-order valence-corrected chi connectivity index (χ0v) is 17.2. The van der Waals surface area contributed by atoms with Crippen molar-refractivity contribution in [2.45, 2.75) is 39.2 Å². The Morgan fingerprint density at radius 3 is 2.31 bits per heavy atom. The van der Waals surface area contributed by atoms with Crippen LogP contribution in [0.25, 0.3) is 11.3 Å². The van der Waals surface area contributed by atoms with Crippen LogP contribution in [-0.4, -0.2) is 22.2 Å². The third-order valence-electron chi connectivity index (χ3n) is 4.79. The first-order chi connectivity index (χ1) is 13.8. The van der Waals surface area contributed by atoms with Gasteiger partial charge >= 0.3 is 0 Å². The lowest BCUT2D eigenvalue weighted by Gasteiger charge is -2.19. The van der Waals surface area contributed by atoms with Gasteiger partial charge in [0.15, 0.2) is 0 Å². The number of benzene rings is 2. The maximum absolute atomic E-state index is 12.3. The molecule has 1 aromatic heterocycles. The van der Waals surface area contributed by atoms with E-state index in [4.69, 9.17) is 0 Å². The summed E-state index contributed by atoms with van der Waals surface area (Å²) in [6.07, 6.45) is 0.739. The molecule has 0 fully saturated rings. The van der Waals surface area contributed by atoms with E-state index in [1.54, 1.807) is 6.07 Å². The van der Waals surface area contributed by atoms with Gasteiger partial charge in [0.25, 0.3) is 5.56 Å². The zero-order valence-electron chi connectivity index (χ0n) is 17.2. The molecule has 5 nitrogen and oxygen atoms in total. The molecule has 0 spiro atoms. The van der Waals surface area contributed by atoms with Crippen molar-refractivity contribution in [2.24, 2.45) is 0 Å². The summed E-state index contributed by atoms with van der Waals surface area (Å²) >= 11 is 0. The summed E-state index contributed by atoms with van der Waals surface area (Å²) in [4.78, 5) is 24.3. The van der Waals surface area contributed by atoms with Crippen molar-refractivity contribution >= 4 is 5.91 Å². The molecule has 1 heterocycles. The lowest BCUT2D eigenvalue weighted by atomic mass is 9.86. The molecule has 0 aliphatic rings. The van der Waals surface area contributed by atoms with Crippen LogP contribution in [0.15, 0.2) is 71.5 Å². The Morgan fingerprint density at radius 1 is 0.966 bits per heavy atom. The number of rotatable bonds is 6. The van der Waals surface area contributed by atoms with Crippen molar-refractivity contribution in [3.05, 3.63) is 88.2 Å². The fourth-order valence-corrected chi connectivity index (χ4v) is 3.03. The molecule has 3 aromatic rings. The molecule has 0 atom stereocenters. The Labute approximate surface area is 171 Å². The lowest BCUT2D eigenvalue weighted by Crippen LogP contribution is -2.34. The molecule has 150 valence electrons. The van der Waals surface area contributed by atoms with Crippen molar-refractivity contribution in [3.63, 3.8) is 0 Å². The average molecular weight is 389 g/mol. The number of aromatic nitrogens is 2. The third kappa shape index (κ3) is 5.64. The van der Waals surface area contributed by atoms with E-state index >= 15 is 0 Å². The minimum Gasteiger partial charge on any atom is -0.354 e. The van der Waals surface area contributed by atoms with Crippen molar-refractivity contribution < 1.29 is 4.79 Å². The lowest BCUT2D eigenvalue weighted by molar-refractivity contribution is -0.121. The van der Waals surface area contributed by atoms with Crippen molar-refractivity contribution in [1.29, 1.82) is 0 Å². The number of carbonyl (C=O) groups is 1. The molecular weight excluding hydrogens is 362 g/mol. The van der Waals surface area contributed by atoms with Gasteiger partial charge in [0, 0.05) is 18.2 Å². The smallest absolute Gasteiger partial charge is 0.267 e. The van der Waals surface area contributed by atoms with E-state index < -0.39 is 0 Å². The molecule has 0 saturated heterocycles. The summed E-state index contributed by atoms with van der Waals surface area (Å²) in [6.45, 7) is 6.98. The van der Waals surface area contributed by atoms with Gasteiger partial charge in [-0.15, -0.1) is 0 Å². The highest BCUT2D eigenvalue weighted by Crippen LogP contribution is 2.22. The fraction of sp³-hybridized carbons (Fsp3) is 0.292. The van der Waals surface area contributed by atoms with Gasteiger partial charge in [0.05, 0.1) is 5.69 Å². The SMILES string of the molecule is CC(C)(C)c1ccc(CCNC(=O)Cn2nc(-c3ccccc3)ccc2=O)cc1. The largest absolute Gasteiger partial charge is 0.354 e. The minimum absolute atomic E-state index is 0.0948.